The minimum atomic E-state index is 0.703. The van der Waals surface area contributed by atoms with Gasteiger partial charge >= 0.3 is 0 Å². The highest BCUT2D eigenvalue weighted by atomic mass is 15.1. The summed E-state index contributed by atoms with van der Waals surface area (Å²) in [6.45, 7) is 0. The van der Waals surface area contributed by atoms with Gasteiger partial charge in [0.15, 0.2) is 0 Å². The highest BCUT2D eigenvalue weighted by Crippen LogP contribution is 2.40. The number of hydrogen-bond acceptors (Lipinski definition) is 2. The first kappa shape index (κ1) is 10.6. The van der Waals surface area contributed by atoms with E-state index in [-0.39, 0.29) is 0 Å². The third-order valence-electron chi connectivity index (χ3n) is 3.80. The summed E-state index contributed by atoms with van der Waals surface area (Å²) >= 11 is 0. The molecule has 1 fully saturated rings. The number of anilines is 1. The van der Waals surface area contributed by atoms with Gasteiger partial charge in [-0.25, -0.2) is 4.98 Å². The zero-order chi connectivity index (χ0) is 12.8. The first-order chi connectivity index (χ1) is 9.33. The van der Waals surface area contributed by atoms with Crippen molar-refractivity contribution in [1.29, 1.82) is 0 Å². The van der Waals surface area contributed by atoms with Crippen molar-refractivity contribution in [1.82, 2.24) is 9.38 Å². The van der Waals surface area contributed by atoms with E-state index < -0.39 is 0 Å². The Morgan fingerprint density at radius 3 is 2.53 bits per heavy atom. The highest BCUT2D eigenvalue weighted by Gasteiger charge is 2.23. The Labute approximate surface area is 111 Å². The fourth-order valence-corrected chi connectivity index (χ4v) is 2.56. The van der Waals surface area contributed by atoms with E-state index >= 15 is 0 Å². The quantitative estimate of drug-likeness (QED) is 0.755. The molecular weight excluding hydrogens is 234 g/mol. The van der Waals surface area contributed by atoms with Crippen molar-refractivity contribution in [2.24, 2.45) is 0 Å². The maximum Gasteiger partial charge on any atom is 0.139 e. The largest absolute Gasteiger partial charge is 0.383 e. The molecular formula is C16H15N3. The lowest BCUT2D eigenvalue weighted by molar-refractivity contribution is 1.13. The molecule has 2 heterocycles. The summed E-state index contributed by atoms with van der Waals surface area (Å²) < 4.78 is 1.92. The number of pyridine rings is 1. The number of nitrogens with zero attached hydrogens (tertiary/aromatic N) is 2. The van der Waals surface area contributed by atoms with E-state index in [1.54, 1.807) is 0 Å². The molecule has 0 bridgehead atoms. The number of nitrogens with two attached hydrogens (primary N) is 1. The average Bonchev–Trinajstić information content (AvgIpc) is 3.25. The van der Waals surface area contributed by atoms with E-state index in [9.17, 15) is 0 Å². The smallest absolute Gasteiger partial charge is 0.139 e. The van der Waals surface area contributed by atoms with Gasteiger partial charge in [-0.1, -0.05) is 30.3 Å². The predicted octanol–water partition coefficient (Wildman–Crippen LogP) is 3.46. The molecule has 0 amide bonds. The number of hydrogen-bond donors (Lipinski definition) is 1. The third-order valence-corrected chi connectivity index (χ3v) is 3.80. The van der Waals surface area contributed by atoms with Crippen molar-refractivity contribution in [3.63, 3.8) is 0 Å². The average molecular weight is 249 g/mol. The van der Waals surface area contributed by atoms with Crippen molar-refractivity contribution < 1.29 is 0 Å². The van der Waals surface area contributed by atoms with Gasteiger partial charge in [0.05, 0.1) is 0 Å². The second kappa shape index (κ2) is 3.85. The van der Waals surface area contributed by atoms with Crippen LogP contribution in [-0.4, -0.2) is 9.38 Å². The molecule has 19 heavy (non-hydrogen) atoms. The normalized spacial score (nSPS) is 14.9. The van der Waals surface area contributed by atoms with Crippen LogP contribution in [0.1, 0.15) is 24.3 Å². The molecule has 3 aromatic rings. The van der Waals surface area contributed by atoms with Gasteiger partial charge in [-0.15, -0.1) is 0 Å². The van der Waals surface area contributed by atoms with Crippen molar-refractivity contribution in [3.05, 3.63) is 54.2 Å². The zero-order valence-corrected chi connectivity index (χ0v) is 10.6. The van der Waals surface area contributed by atoms with Crippen LogP contribution < -0.4 is 5.73 Å². The lowest BCUT2D eigenvalue weighted by Crippen LogP contribution is -1.93. The van der Waals surface area contributed by atoms with Crippen LogP contribution in [0.5, 0.6) is 0 Å². The van der Waals surface area contributed by atoms with Gasteiger partial charge < -0.3 is 5.73 Å². The molecule has 2 aromatic heterocycles. The van der Waals surface area contributed by atoms with Crippen molar-refractivity contribution >= 4 is 11.5 Å². The van der Waals surface area contributed by atoms with Crippen LogP contribution in [0.4, 0.5) is 5.82 Å². The summed E-state index contributed by atoms with van der Waals surface area (Å²) in [5, 5.41) is 0. The van der Waals surface area contributed by atoms with Crippen LogP contribution in [0.2, 0.25) is 0 Å². The maximum absolute atomic E-state index is 6.18. The third kappa shape index (κ3) is 1.70. The molecule has 3 heteroatoms. The van der Waals surface area contributed by atoms with Crippen LogP contribution in [0.15, 0.2) is 48.7 Å². The number of nitrogen functional groups attached to an aromatic ring is 1. The number of benzene rings is 1. The summed E-state index contributed by atoms with van der Waals surface area (Å²) in [4.78, 5) is 4.61. The number of imidazole rings is 1. The first-order valence-electron chi connectivity index (χ1n) is 6.66. The SMILES string of the molecule is Nc1c(-c2ccc(C3CC3)cc2)nc2ccccn12. The Bertz CT molecular complexity index is 736. The Hall–Kier alpha value is -2.29. The standard InChI is InChI=1S/C16H15N3/c17-16-15(18-14-3-1-2-10-19(14)16)13-8-6-12(7-9-13)11-4-5-11/h1-3,6-11H,4-5,17H2. The molecule has 3 nitrogen and oxygen atoms in total. The van der Waals surface area contributed by atoms with Gasteiger partial charge in [0.1, 0.15) is 17.2 Å². The molecule has 94 valence electrons. The van der Waals surface area contributed by atoms with Gasteiger partial charge in [0.2, 0.25) is 0 Å². The van der Waals surface area contributed by atoms with Gasteiger partial charge in [0.25, 0.3) is 0 Å². The van der Waals surface area contributed by atoms with Crippen LogP contribution in [-0.2, 0) is 0 Å². The van der Waals surface area contributed by atoms with Crippen molar-refractivity contribution in [3.8, 4) is 11.3 Å². The summed E-state index contributed by atoms with van der Waals surface area (Å²) in [7, 11) is 0. The number of rotatable bonds is 2. The molecule has 0 atom stereocenters. The van der Waals surface area contributed by atoms with Crippen LogP contribution in [0.25, 0.3) is 16.9 Å². The molecule has 1 aromatic carbocycles. The van der Waals surface area contributed by atoms with Gasteiger partial charge in [0, 0.05) is 11.8 Å². The molecule has 2 N–H and O–H groups in total. The van der Waals surface area contributed by atoms with Crippen LogP contribution in [0, 0.1) is 0 Å². The summed E-state index contributed by atoms with van der Waals surface area (Å²) in [5.74, 6) is 1.49. The Kier molecular flexibility index (Phi) is 2.15. The topological polar surface area (TPSA) is 43.3 Å². The predicted molar refractivity (Wildman–Crippen MR) is 77.0 cm³/mol. The lowest BCUT2D eigenvalue weighted by atomic mass is 10.1. The lowest BCUT2D eigenvalue weighted by Gasteiger charge is -2.02. The first-order valence-corrected chi connectivity index (χ1v) is 6.66. The molecule has 1 aliphatic rings. The van der Waals surface area contributed by atoms with E-state index in [4.69, 9.17) is 5.73 Å². The van der Waals surface area contributed by atoms with Crippen LogP contribution >= 0.6 is 0 Å². The molecule has 0 radical (unpaired) electrons. The number of fused-ring (bicyclic) bond motifs is 1. The van der Waals surface area contributed by atoms with Crippen molar-refractivity contribution in [2.45, 2.75) is 18.8 Å². The minimum Gasteiger partial charge on any atom is -0.383 e. The molecule has 0 spiro atoms. The minimum absolute atomic E-state index is 0.703. The molecule has 4 rings (SSSR count). The monoisotopic (exact) mass is 249 g/mol. The highest BCUT2D eigenvalue weighted by molar-refractivity contribution is 5.75. The molecule has 0 aliphatic heterocycles. The summed E-state index contributed by atoms with van der Waals surface area (Å²) in [5.41, 5.74) is 10.5. The summed E-state index contributed by atoms with van der Waals surface area (Å²) in [6.07, 6.45) is 4.60. The van der Waals surface area contributed by atoms with Gasteiger partial charge in [-0.05, 0) is 36.5 Å². The van der Waals surface area contributed by atoms with Crippen LogP contribution in [0.3, 0.4) is 0 Å². The fourth-order valence-electron chi connectivity index (χ4n) is 2.56. The zero-order valence-electron chi connectivity index (χ0n) is 10.6. The molecule has 1 saturated carbocycles. The molecule has 1 aliphatic carbocycles. The second-order valence-corrected chi connectivity index (χ2v) is 5.17. The molecule has 0 saturated heterocycles. The van der Waals surface area contributed by atoms with E-state index in [1.165, 1.54) is 18.4 Å². The van der Waals surface area contributed by atoms with E-state index in [1.807, 2.05) is 28.8 Å². The van der Waals surface area contributed by atoms with Gasteiger partial charge in [-0.2, -0.15) is 0 Å². The maximum atomic E-state index is 6.18. The van der Waals surface area contributed by atoms with Gasteiger partial charge in [-0.3, -0.25) is 4.40 Å². The Balaban J connectivity index is 1.82. The fraction of sp³-hybridized carbons (Fsp3) is 0.188. The number of aromatic nitrogens is 2. The van der Waals surface area contributed by atoms with E-state index in [0.29, 0.717) is 5.82 Å². The Morgan fingerprint density at radius 1 is 1.05 bits per heavy atom. The Morgan fingerprint density at radius 2 is 1.84 bits per heavy atom. The van der Waals surface area contributed by atoms with E-state index in [2.05, 4.69) is 29.2 Å². The van der Waals surface area contributed by atoms with Crippen molar-refractivity contribution in [2.75, 3.05) is 5.73 Å². The molecule has 0 unspecified atom stereocenters. The van der Waals surface area contributed by atoms with E-state index in [0.717, 1.165) is 22.8 Å². The summed E-state index contributed by atoms with van der Waals surface area (Å²) in [6, 6.07) is 14.6. The second-order valence-electron chi connectivity index (χ2n) is 5.17.